The first-order valence-electron chi connectivity index (χ1n) is 14.3. The molecule has 1 unspecified atom stereocenters. The normalized spacial score (nSPS) is 36.0. The van der Waals surface area contributed by atoms with Gasteiger partial charge in [0.2, 0.25) is 5.91 Å². The number of nitrogens with one attached hydrogen (secondary N) is 1. The number of epoxide rings is 2. The zero-order valence-corrected chi connectivity index (χ0v) is 24.6. The predicted molar refractivity (Wildman–Crippen MR) is 145 cm³/mol. The minimum absolute atomic E-state index is 0.0415. The van der Waals surface area contributed by atoms with Crippen LogP contribution < -0.4 is 5.32 Å². The van der Waals surface area contributed by atoms with Crippen molar-refractivity contribution < 1.29 is 28.5 Å². The molecule has 3 saturated heterocycles. The summed E-state index contributed by atoms with van der Waals surface area (Å²) in [6, 6.07) is -0.466. The maximum absolute atomic E-state index is 13.4. The summed E-state index contributed by atoms with van der Waals surface area (Å²) >= 11 is 0. The van der Waals surface area contributed by atoms with Gasteiger partial charge in [-0.3, -0.25) is 4.79 Å². The number of nitrogens with zero attached hydrogens (tertiary/aromatic N) is 2. The molecule has 216 valence electrons. The van der Waals surface area contributed by atoms with E-state index in [1.165, 1.54) is 5.57 Å². The zero-order chi connectivity index (χ0) is 27.8. The SMILES string of the molecule is CO[C@@H]1[C@H](OC(=O)N[C@@H](C(=O)N(C)C2CCN(C)CC2)C(C)C)CC[C@]2(CO2)[C@H]1[C@@]1(C)OC1CC=C(C)C. The molecule has 1 saturated carbocycles. The van der Waals surface area contributed by atoms with E-state index in [1.807, 2.05) is 25.8 Å². The van der Waals surface area contributed by atoms with Crippen molar-refractivity contribution >= 4 is 12.0 Å². The second-order valence-corrected chi connectivity index (χ2v) is 12.7. The lowest BCUT2D eigenvalue weighted by atomic mass is 9.68. The van der Waals surface area contributed by atoms with Crippen molar-refractivity contribution in [1.82, 2.24) is 15.1 Å². The van der Waals surface area contributed by atoms with Gasteiger partial charge in [0, 0.05) is 20.2 Å². The summed E-state index contributed by atoms with van der Waals surface area (Å²) in [4.78, 5) is 30.7. The van der Waals surface area contributed by atoms with Crippen LogP contribution in [0.15, 0.2) is 11.6 Å². The minimum Gasteiger partial charge on any atom is -0.443 e. The third kappa shape index (κ3) is 6.06. The van der Waals surface area contributed by atoms with Gasteiger partial charge >= 0.3 is 6.09 Å². The van der Waals surface area contributed by atoms with E-state index < -0.39 is 23.8 Å². The fraction of sp³-hybridized carbons (Fsp3) is 0.862. The van der Waals surface area contributed by atoms with Gasteiger partial charge in [-0.1, -0.05) is 25.5 Å². The first-order valence-corrected chi connectivity index (χ1v) is 14.3. The Labute approximate surface area is 228 Å². The van der Waals surface area contributed by atoms with Crippen molar-refractivity contribution in [2.45, 2.75) is 108 Å². The topological polar surface area (TPSA) is 96.2 Å². The third-order valence-electron chi connectivity index (χ3n) is 9.28. The molecule has 0 aromatic heterocycles. The molecule has 3 aliphatic heterocycles. The largest absolute Gasteiger partial charge is 0.443 e. The van der Waals surface area contributed by atoms with E-state index in [0.717, 1.165) is 38.8 Å². The average molecular weight is 536 g/mol. The van der Waals surface area contributed by atoms with E-state index >= 15 is 0 Å². The van der Waals surface area contributed by atoms with Gasteiger partial charge in [-0.2, -0.15) is 0 Å². The van der Waals surface area contributed by atoms with Gasteiger partial charge in [0.25, 0.3) is 0 Å². The fourth-order valence-electron chi connectivity index (χ4n) is 6.66. The van der Waals surface area contributed by atoms with Gasteiger partial charge in [0.1, 0.15) is 29.5 Å². The number of amides is 2. The van der Waals surface area contributed by atoms with E-state index in [4.69, 9.17) is 18.9 Å². The van der Waals surface area contributed by atoms with Gasteiger partial charge in [-0.25, -0.2) is 4.79 Å². The molecule has 0 bridgehead atoms. The summed E-state index contributed by atoms with van der Waals surface area (Å²) in [7, 11) is 5.62. The zero-order valence-electron chi connectivity index (χ0n) is 24.6. The van der Waals surface area contributed by atoms with E-state index in [0.29, 0.717) is 13.0 Å². The standard InChI is InChI=1S/C29H49N3O6/c1-18(2)9-10-22-28(5,38-22)25-24(35-8)21(11-14-29(25)17-36-29)37-27(34)30-23(19(3)4)26(33)32(7)20-12-15-31(6)16-13-20/h9,19-25H,10-17H2,1-8H3,(H,30,34)/t21-,22?,23-,24-,25-,28+,29+/m1/s1. The lowest BCUT2D eigenvalue weighted by Crippen LogP contribution is -2.57. The highest BCUT2D eigenvalue weighted by Crippen LogP contribution is 2.59. The number of piperidine rings is 1. The number of ether oxygens (including phenoxy) is 4. The minimum atomic E-state index is -0.650. The Bertz CT molecular complexity index is 893. The summed E-state index contributed by atoms with van der Waals surface area (Å²) < 4.78 is 24.3. The van der Waals surface area contributed by atoms with Crippen LogP contribution in [-0.4, -0.2) is 104 Å². The van der Waals surface area contributed by atoms with Crippen LogP contribution in [0.1, 0.15) is 66.7 Å². The molecule has 9 heteroatoms. The number of alkyl carbamates (subject to hydrolysis) is 1. The first-order chi connectivity index (χ1) is 17.9. The monoisotopic (exact) mass is 535 g/mol. The van der Waals surface area contributed by atoms with Crippen molar-refractivity contribution in [1.29, 1.82) is 0 Å². The molecule has 2 amide bonds. The quantitative estimate of drug-likeness (QED) is 0.357. The van der Waals surface area contributed by atoms with Gasteiger partial charge in [-0.05, 0) is 78.9 Å². The smallest absolute Gasteiger partial charge is 0.408 e. The highest BCUT2D eigenvalue weighted by atomic mass is 16.6. The van der Waals surface area contributed by atoms with Crippen molar-refractivity contribution in [2.75, 3.05) is 40.9 Å². The fourth-order valence-corrected chi connectivity index (χ4v) is 6.66. The number of carbonyl (C=O) groups excluding carboxylic acids is 2. The molecule has 38 heavy (non-hydrogen) atoms. The van der Waals surface area contributed by atoms with Gasteiger partial charge in [0.15, 0.2) is 0 Å². The van der Waals surface area contributed by atoms with E-state index in [2.05, 4.69) is 44.1 Å². The maximum Gasteiger partial charge on any atom is 0.408 e. The van der Waals surface area contributed by atoms with Crippen LogP contribution in [0.2, 0.25) is 0 Å². The van der Waals surface area contributed by atoms with Crippen molar-refractivity contribution in [3.05, 3.63) is 11.6 Å². The number of carbonyl (C=O) groups is 2. The van der Waals surface area contributed by atoms with Crippen LogP contribution in [-0.2, 0) is 23.7 Å². The van der Waals surface area contributed by atoms with Gasteiger partial charge in [-0.15, -0.1) is 0 Å². The third-order valence-corrected chi connectivity index (χ3v) is 9.28. The molecule has 1 aliphatic carbocycles. The average Bonchev–Trinajstić information content (AvgIpc) is 3.78. The van der Waals surface area contributed by atoms with E-state index in [1.54, 1.807) is 7.11 Å². The highest BCUT2D eigenvalue weighted by Gasteiger charge is 2.72. The van der Waals surface area contributed by atoms with Crippen LogP contribution >= 0.6 is 0 Å². The molecule has 3 heterocycles. The Morgan fingerprint density at radius 3 is 2.42 bits per heavy atom. The molecule has 0 aromatic carbocycles. The molecule has 4 fully saturated rings. The Kier molecular flexibility index (Phi) is 8.82. The molecular formula is C29H49N3O6. The number of rotatable bonds is 9. The number of methoxy groups -OCH3 is 1. The molecule has 1 N–H and O–H groups in total. The molecule has 7 atom stereocenters. The molecule has 9 nitrogen and oxygen atoms in total. The summed E-state index contributed by atoms with van der Waals surface area (Å²) in [6.45, 7) is 12.8. The van der Waals surface area contributed by atoms with E-state index in [9.17, 15) is 9.59 Å². The number of allylic oxidation sites excluding steroid dienone is 1. The number of hydrogen-bond acceptors (Lipinski definition) is 7. The van der Waals surface area contributed by atoms with Crippen molar-refractivity contribution in [2.24, 2.45) is 11.8 Å². The molecule has 4 aliphatic rings. The van der Waals surface area contributed by atoms with Crippen LogP contribution in [0, 0.1) is 11.8 Å². The van der Waals surface area contributed by atoms with Crippen LogP contribution in [0.4, 0.5) is 4.79 Å². The lowest BCUT2D eigenvalue weighted by molar-refractivity contribution is -0.136. The Hall–Kier alpha value is -1.68. The summed E-state index contributed by atoms with van der Waals surface area (Å²) in [5.74, 6) is -0.179. The number of likely N-dealkylation sites (N-methyl/N-ethyl adjacent to an activating group) is 1. The van der Waals surface area contributed by atoms with Crippen molar-refractivity contribution in [3.8, 4) is 0 Å². The Morgan fingerprint density at radius 2 is 1.87 bits per heavy atom. The maximum atomic E-state index is 13.4. The van der Waals surface area contributed by atoms with Crippen LogP contribution in [0.3, 0.4) is 0 Å². The summed E-state index contributed by atoms with van der Waals surface area (Å²) in [5.41, 5.74) is 0.592. The molecule has 1 spiro atoms. The van der Waals surface area contributed by atoms with Crippen LogP contribution in [0.25, 0.3) is 0 Å². The second-order valence-electron chi connectivity index (χ2n) is 12.7. The lowest BCUT2D eigenvalue weighted by Gasteiger charge is -2.42. The number of likely N-dealkylation sites (tertiary alicyclic amines) is 1. The predicted octanol–water partition coefficient (Wildman–Crippen LogP) is 3.37. The summed E-state index contributed by atoms with van der Waals surface area (Å²) in [6.07, 6.45) is 5.07. The number of hydrogen-bond donors (Lipinski definition) is 1. The Morgan fingerprint density at radius 1 is 1.21 bits per heavy atom. The first kappa shape index (κ1) is 29.3. The Balaban J connectivity index is 1.40. The second kappa shape index (κ2) is 11.4. The van der Waals surface area contributed by atoms with Gasteiger partial charge < -0.3 is 34.1 Å². The van der Waals surface area contributed by atoms with Gasteiger partial charge in [0.05, 0.1) is 18.6 Å². The molecular weight excluding hydrogens is 486 g/mol. The highest BCUT2D eigenvalue weighted by molar-refractivity contribution is 5.86. The molecule has 0 radical (unpaired) electrons. The molecule has 0 aromatic rings. The summed E-state index contributed by atoms with van der Waals surface area (Å²) in [5, 5.41) is 2.90. The molecule has 4 rings (SSSR count). The van der Waals surface area contributed by atoms with E-state index in [-0.39, 0.29) is 41.6 Å². The van der Waals surface area contributed by atoms with Crippen molar-refractivity contribution in [3.63, 3.8) is 0 Å². The van der Waals surface area contributed by atoms with Crippen LogP contribution in [0.5, 0.6) is 0 Å².